The lowest BCUT2D eigenvalue weighted by Gasteiger charge is -2.11. The van der Waals surface area contributed by atoms with Crippen molar-refractivity contribution in [1.29, 1.82) is 0 Å². The second kappa shape index (κ2) is 4.60. The van der Waals surface area contributed by atoms with Gasteiger partial charge in [-0.05, 0) is 24.1 Å². The maximum atomic E-state index is 10.9. The molecule has 0 saturated carbocycles. The van der Waals surface area contributed by atoms with Crippen molar-refractivity contribution >= 4 is 11.9 Å². The van der Waals surface area contributed by atoms with Gasteiger partial charge in [-0.15, -0.1) is 0 Å². The Bertz CT molecular complexity index is 312. The third-order valence-corrected chi connectivity index (χ3v) is 1.84. The lowest BCUT2D eigenvalue weighted by molar-refractivity contribution is -0.140. The standard InChI is InChI=1S/C10H12O4/c1-7(6-14-8(2)11)9-3-4-13-10(12)5-9/h3-4H,5-6H2,1-2H3/b9-7-. The minimum Gasteiger partial charge on any atom is -0.461 e. The zero-order chi connectivity index (χ0) is 10.6. The van der Waals surface area contributed by atoms with Gasteiger partial charge in [-0.1, -0.05) is 0 Å². The molecule has 0 aromatic heterocycles. The molecule has 0 unspecified atom stereocenters. The third-order valence-electron chi connectivity index (χ3n) is 1.84. The third kappa shape index (κ3) is 3.05. The first kappa shape index (κ1) is 10.5. The Morgan fingerprint density at radius 1 is 1.57 bits per heavy atom. The molecular weight excluding hydrogens is 184 g/mol. The smallest absolute Gasteiger partial charge is 0.315 e. The van der Waals surface area contributed by atoms with Crippen molar-refractivity contribution in [2.24, 2.45) is 0 Å². The maximum Gasteiger partial charge on any atom is 0.315 e. The Balaban J connectivity index is 2.63. The van der Waals surface area contributed by atoms with E-state index in [4.69, 9.17) is 4.74 Å². The van der Waals surface area contributed by atoms with Crippen molar-refractivity contribution < 1.29 is 19.1 Å². The van der Waals surface area contributed by atoms with Crippen LogP contribution >= 0.6 is 0 Å². The Morgan fingerprint density at radius 2 is 2.29 bits per heavy atom. The Morgan fingerprint density at radius 3 is 2.86 bits per heavy atom. The highest BCUT2D eigenvalue weighted by Crippen LogP contribution is 2.16. The van der Waals surface area contributed by atoms with E-state index < -0.39 is 0 Å². The van der Waals surface area contributed by atoms with E-state index in [-0.39, 0.29) is 25.0 Å². The van der Waals surface area contributed by atoms with Crippen molar-refractivity contribution in [1.82, 2.24) is 0 Å². The van der Waals surface area contributed by atoms with Gasteiger partial charge in [-0.3, -0.25) is 9.59 Å². The number of ether oxygens (including phenoxy) is 2. The Kier molecular flexibility index (Phi) is 3.45. The second-order valence-corrected chi connectivity index (χ2v) is 3.06. The fourth-order valence-electron chi connectivity index (χ4n) is 1.04. The molecule has 0 saturated heterocycles. The highest BCUT2D eigenvalue weighted by molar-refractivity contribution is 5.75. The summed E-state index contributed by atoms with van der Waals surface area (Å²) < 4.78 is 9.43. The molecule has 1 heterocycles. The molecule has 1 rings (SSSR count). The van der Waals surface area contributed by atoms with Crippen LogP contribution in [0.15, 0.2) is 23.5 Å². The molecule has 1 aliphatic rings. The summed E-state index contributed by atoms with van der Waals surface area (Å²) in [4.78, 5) is 21.4. The molecule has 4 heteroatoms. The van der Waals surface area contributed by atoms with Gasteiger partial charge >= 0.3 is 11.9 Å². The topological polar surface area (TPSA) is 52.6 Å². The lowest BCUT2D eigenvalue weighted by atomic mass is 10.1. The summed E-state index contributed by atoms with van der Waals surface area (Å²) in [6.45, 7) is 3.40. The maximum absolute atomic E-state index is 10.9. The van der Waals surface area contributed by atoms with Gasteiger partial charge in [-0.25, -0.2) is 0 Å². The summed E-state index contributed by atoms with van der Waals surface area (Å²) in [7, 11) is 0. The van der Waals surface area contributed by atoms with E-state index in [2.05, 4.69) is 4.74 Å². The fraction of sp³-hybridized carbons (Fsp3) is 0.400. The normalized spacial score (nSPS) is 18.9. The van der Waals surface area contributed by atoms with Crippen LogP contribution in [0.5, 0.6) is 0 Å². The minimum atomic E-state index is -0.327. The average Bonchev–Trinajstić information content (AvgIpc) is 2.14. The molecule has 14 heavy (non-hydrogen) atoms. The fourth-order valence-corrected chi connectivity index (χ4v) is 1.04. The number of cyclic esters (lactones) is 1. The van der Waals surface area contributed by atoms with Crippen LogP contribution in [0.4, 0.5) is 0 Å². The molecule has 1 aliphatic heterocycles. The molecular formula is C10H12O4. The predicted octanol–water partition coefficient (Wildman–Crippen LogP) is 1.33. The van der Waals surface area contributed by atoms with E-state index in [9.17, 15) is 9.59 Å². The number of hydrogen-bond acceptors (Lipinski definition) is 4. The van der Waals surface area contributed by atoms with Crippen molar-refractivity contribution in [2.75, 3.05) is 6.61 Å². The zero-order valence-corrected chi connectivity index (χ0v) is 8.20. The molecule has 0 bridgehead atoms. The van der Waals surface area contributed by atoms with Crippen molar-refractivity contribution in [2.45, 2.75) is 20.3 Å². The first-order valence-electron chi connectivity index (χ1n) is 4.27. The van der Waals surface area contributed by atoms with Gasteiger partial charge in [0.1, 0.15) is 6.61 Å². The minimum absolute atomic E-state index is 0.224. The lowest BCUT2D eigenvalue weighted by Crippen LogP contribution is -2.09. The van der Waals surface area contributed by atoms with E-state index in [0.29, 0.717) is 0 Å². The summed E-state index contributed by atoms with van der Waals surface area (Å²) in [6.07, 6.45) is 3.29. The van der Waals surface area contributed by atoms with E-state index in [1.165, 1.54) is 13.2 Å². The zero-order valence-electron chi connectivity index (χ0n) is 8.20. The van der Waals surface area contributed by atoms with Crippen molar-refractivity contribution in [3.8, 4) is 0 Å². The first-order chi connectivity index (χ1) is 6.59. The van der Waals surface area contributed by atoms with Crippen LogP contribution in [-0.2, 0) is 19.1 Å². The van der Waals surface area contributed by atoms with Gasteiger partial charge in [0, 0.05) is 6.92 Å². The van der Waals surface area contributed by atoms with Gasteiger partial charge in [0.25, 0.3) is 0 Å². The Hall–Kier alpha value is -1.58. The quantitative estimate of drug-likeness (QED) is 0.625. The largest absolute Gasteiger partial charge is 0.461 e. The predicted molar refractivity (Wildman–Crippen MR) is 49.2 cm³/mol. The number of carbonyl (C=O) groups excluding carboxylic acids is 2. The van der Waals surface area contributed by atoms with Crippen LogP contribution < -0.4 is 0 Å². The SMILES string of the molecule is CC(=O)OC/C(C)=C1/C=COC(=O)C1. The summed E-state index contributed by atoms with van der Waals surface area (Å²) >= 11 is 0. The van der Waals surface area contributed by atoms with E-state index in [0.717, 1.165) is 11.1 Å². The van der Waals surface area contributed by atoms with Gasteiger partial charge in [0.2, 0.25) is 0 Å². The molecule has 0 amide bonds. The van der Waals surface area contributed by atoms with Gasteiger partial charge in [0.05, 0.1) is 12.7 Å². The molecule has 0 fully saturated rings. The monoisotopic (exact) mass is 196 g/mol. The molecule has 76 valence electrons. The van der Waals surface area contributed by atoms with Crippen LogP contribution in [0.2, 0.25) is 0 Å². The summed E-state index contributed by atoms with van der Waals surface area (Å²) in [5, 5.41) is 0. The number of allylic oxidation sites excluding steroid dienone is 1. The van der Waals surface area contributed by atoms with Crippen LogP contribution in [0.1, 0.15) is 20.3 Å². The summed E-state index contributed by atoms with van der Waals surface area (Å²) in [6, 6.07) is 0. The van der Waals surface area contributed by atoms with Crippen LogP contribution in [0, 0.1) is 0 Å². The van der Waals surface area contributed by atoms with Gasteiger partial charge < -0.3 is 9.47 Å². The highest BCUT2D eigenvalue weighted by Gasteiger charge is 2.12. The average molecular weight is 196 g/mol. The Labute approximate surface area is 82.2 Å². The van der Waals surface area contributed by atoms with Crippen LogP contribution in [0.3, 0.4) is 0 Å². The molecule has 4 nitrogen and oxygen atoms in total. The van der Waals surface area contributed by atoms with Gasteiger partial charge in [0.15, 0.2) is 0 Å². The molecule has 0 N–H and O–H groups in total. The second-order valence-electron chi connectivity index (χ2n) is 3.06. The van der Waals surface area contributed by atoms with Gasteiger partial charge in [-0.2, -0.15) is 0 Å². The molecule has 0 atom stereocenters. The van der Waals surface area contributed by atoms with E-state index >= 15 is 0 Å². The molecule has 0 aromatic carbocycles. The van der Waals surface area contributed by atoms with Crippen LogP contribution in [0.25, 0.3) is 0 Å². The number of hydrogen-bond donors (Lipinski definition) is 0. The van der Waals surface area contributed by atoms with E-state index in [1.54, 1.807) is 6.08 Å². The van der Waals surface area contributed by atoms with Crippen LogP contribution in [-0.4, -0.2) is 18.5 Å². The van der Waals surface area contributed by atoms with Crippen molar-refractivity contribution in [3.05, 3.63) is 23.5 Å². The summed E-state index contributed by atoms with van der Waals surface area (Å²) in [5.74, 6) is -0.614. The van der Waals surface area contributed by atoms with E-state index in [1.807, 2.05) is 6.92 Å². The number of carbonyl (C=O) groups is 2. The molecule has 0 spiro atoms. The van der Waals surface area contributed by atoms with Crippen molar-refractivity contribution in [3.63, 3.8) is 0 Å². The number of rotatable bonds is 2. The molecule has 0 radical (unpaired) electrons. The first-order valence-corrected chi connectivity index (χ1v) is 4.27. The number of esters is 2. The molecule has 0 aliphatic carbocycles. The highest BCUT2D eigenvalue weighted by atomic mass is 16.5. The molecule has 0 aromatic rings. The summed E-state index contributed by atoms with van der Waals surface area (Å²) in [5.41, 5.74) is 1.72.